The summed E-state index contributed by atoms with van der Waals surface area (Å²) in [7, 11) is 1.79. The molecule has 0 aliphatic rings. The van der Waals surface area contributed by atoms with Crippen LogP contribution in [0, 0.1) is 12.8 Å². The molecule has 0 aliphatic carbocycles. The van der Waals surface area contributed by atoms with Gasteiger partial charge in [0.1, 0.15) is 5.69 Å². The van der Waals surface area contributed by atoms with Crippen LogP contribution in [0.1, 0.15) is 42.9 Å². The van der Waals surface area contributed by atoms with Crippen LogP contribution in [0.3, 0.4) is 0 Å². The molecule has 0 bridgehead atoms. The van der Waals surface area contributed by atoms with Crippen molar-refractivity contribution in [1.29, 1.82) is 0 Å². The Morgan fingerprint density at radius 3 is 2.56 bits per heavy atom. The molecule has 4 nitrogen and oxygen atoms in total. The summed E-state index contributed by atoms with van der Waals surface area (Å²) in [6.07, 6.45) is 2.24. The van der Waals surface area contributed by atoms with Gasteiger partial charge in [-0.05, 0) is 18.9 Å². The Balaban J connectivity index is 2.53. The third-order valence-corrected chi connectivity index (χ3v) is 4.32. The molecule has 102 valence electrons. The second kappa shape index (κ2) is 6.92. The molecule has 0 radical (unpaired) electrons. The van der Waals surface area contributed by atoms with Crippen LogP contribution in [0.5, 0.6) is 0 Å². The first-order chi connectivity index (χ1) is 8.49. The van der Waals surface area contributed by atoms with E-state index in [9.17, 15) is 4.79 Å². The Hall–Kier alpha value is -0.840. The van der Waals surface area contributed by atoms with Crippen LogP contribution in [-0.2, 0) is 7.05 Å². The summed E-state index contributed by atoms with van der Waals surface area (Å²) in [5, 5.41) is 7.13. The number of nitrogens with zero attached hydrogens (tertiary/aromatic N) is 2. The molecule has 0 aromatic carbocycles. The minimum atomic E-state index is -0.0616. The maximum atomic E-state index is 12.0. The average molecular weight is 316 g/mol. The topological polar surface area (TPSA) is 46.9 Å². The number of carbonyl (C=O) groups is 1. The molecule has 0 spiro atoms. The largest absolute Gasteiger partial charge is 0.350 e. The number of amides is 1. The smallest absolute Gasteiger partial charge is 0.269 e. The second-order valence-electron chi connectivity index (χ2n) is 4.60. The highest BCUT2D eigenvalue weighted by atomic mass is 79.9. The molecule has 1 N–H and O–H groups in total. The molecule has 18 heavy (non-hydrogen) atoms. The van der Waals surface area contributed by atoms with Gasteiger partial charge in [0.2, 0.25) is 0 Å². The zero-order valence-corrected chi connectivity index (χ0v) is 13.1. The lowest BCUT2D eigenvalue weighted by Gasteiger charge is -2.19. The number of hydrogen-bond acceptors (Lipinski definition) is 2. The SMILES string of the molecule is CCC(CC)C(Br)CNC(=O)c1cc(C)nn1C. The first kappa shape index (κ1) is 15.2. The monoisotopic (exact) mass is 315 g/mol. The quantitative estimate of drug-likeness (QED) is 0.820. The van der Waals surface area contributed by atoms with Gasteiger partial charge in [-0.2, -0.15) is 5.10 Å². The lowest BCUT2D eigenvalue weighted by Crippen LogP contribution is -2.33. The summed E-state index contributed by atoms with van der Waals surface area (Å²) in [6, 6.07) is 1.80. The first-order valence-corrected chi connectivity index (χ1v) is 7.34. The number of hydrogen-bond donors (Lipinski definition) is 1. The van der Waals surface area contributed by atoms with Crippen molar-refractivity contribution in [2.45, 2.75) is 38.4 Å². The number of nitrogens with one attached hydrogen (secondary N) is 1. The van der Waals surface area contributed by atoms with Crippen LogP contribution in [0.2, 0.25) is 0 Å². The number of aryl methyl sites for hydroxylation is 2. The van der Waals surface area contributed by atoms with Crippen LogP contribution in [-0.4, -0.2) is 27.1 Å². The zero-order chi connectivity index (χ0) is 13.7. The summed E-state index contributed by atoms with van der Waals surface area (Å²) in [4.78, 5) is 12.3. The molecule has 0 fully saturated rings. The third kappa shape index (κ3) is 3.83. The zero-order valence-electron chi connectivity index (χ0n) is 11.5. The van der Waals surface area contributed by atoms with E-state index in [0.717, 1.165) is 18.5 Å². The van der Waals surface area contributed by atoms with E-state index in [1.54, 1.807) is 17.8 Å². The first-order valence-electron chi connectivity index (χ1n) is 6.42. The molecule has 0 aliphatic heterocycles. The fourth-order valence-electron chi connectivity index (χ4n) is 2.07. The molecular weight excluding hydrogens is 294 g/mol. The normalized spacial score (nSPS) is 12.8. The molecule has 1 aromatic heterocycles. The van der Waals surface area contributed by atoms with Crippen molar-refractivity contribution in [3.63, 3.8) is 0 Å². The summed E-state index contributed by atoms with van der Waals surface area (Å²) in [5.74, 6) is 0.534. The molecule has 1 heterocycles. The fourth-order valence-corrected chi connectivity index (χ4v) is 2.98. The van der Waals surface area contributed by atoms with Gasteiger partial charge >= 0.3 is 0 Å². The molecule has 0 saturated heterocycles. The number of alkyl halides is 1. The van der Waals surface area contributed by atoms with Gasteiger partial charge in [-0.15, -0.1) is 0 Å². The highest BCUT2D eigenvalue weighted by Gasteiger charge is 2.17. The van der Waals surface area contributed by atoms with Crippen molar-refractivity contribution in [3.8, 4) is 0 Å². The van der Waals surface area contributed by atoms with Gasteiger partial charge < -0.3 is 5.32 Å². The predicted octanol–water partition coefficient (Wildman–Crippen LogP) is 2.66. The van der Waals surface area contributed by atoms with Gasteiger partial charge in [-0.1, -0.05) is 42.6 Å². The van der Waals surface area contributed by atoms with Gasteiger partial charge in [0.25, 0.3) is 5.91 Å². The van der Waals surface area contributed by atoms with Crippen molar-refractivity contribution < 1.29 is 4.79 Å². The van der Waals surface area contributed by atoms with Crippen molar-refractivity contribution in [2.24, 2.45) is 13.0 Å². The van der Waals surface area contributed by atoms with E-state index in [4.69, 9.17) is 0 Å². The van der Waals surface area contributed by atoms with E-state index >= 15 is 0 Å². The lowest BCUT2D eigenvalue weighted by molar-refractivity contribution is 0.0942. The highest BCUT2D eigenvalue weighted by Crippen LogP contribution is 2.19. The Morgan fingerprint density at radius 1 is 1.50 bits per heavy atom. The molecule has 1 aromatic rings. The van der Waals surface area contributed by atoms with Gasteiger partial charge in [-0.3, -0.25) is 9.48 Å². The number of aromatic nitrogens is 2. The Morgan fingerprint density at radius 2 is 2.11 bits per heavy atom. The maximum Gasteiger partial charge on any atom is 0.269 e. The van der Waals surface area contributed by atoms with Crippen LogP contribution < -0.4 is 5.32 Å². The van der Waals surface area contributed by atoms with E-state index in [2.05, 4.69) is 40.2 Å². The van der Waals surface area contributed by atoms with E-state index in [1.165, 1.54) is 0 Å². The van der Waals surface area contributed by atoms with Crippen LogP contribution in [0.4, 0.5) is 0 Å². The molecule has 0 saturated carbocycles. The van der Waals surface area contributed by atoms with E-state index in [1.807, 2.05) is 6.92 Å². The minimum absolute atomic E-state index is 0.0616. The molecule has 1 rings (SSSR count). The number of halogens is 1. The standard InChI is InChI=1S/C13H22BrN3O/c1-5-10(6-2)11(14)8-15-13(18)12-7-9(3)16-17(12)4/h7,10-11H,5-6,8H2,1-4H3,(H,15,18). The van der Waals surface area contributed by atoms with Gasteiger partial charge in [0.15, 0.2) is 0 Å². The minimum Gasteiger partial charge on any atom is -0.350 e. The predicted molar refractivity (Wildman–Crippen MR) is 77.1 cm³/mol. The van der Waals surface area contributed by atoms with Crippen LogP contribution in [0.25, 0.3) is 0 Å². The molecular formula is C13H22BrN3O. The Labute approximate surface area is 117 Å². The Kier molecular flexibility index (Phi) is 5.85. The fraction of sp³-hybridized carbons (Fsp3) is 0.692. The summed E-state index contributed by atoms with van der Waals surface area (Å²) in [5.41, 5.74) is 1.47. The van der Waals surface area contributed by atoms with Crippen molar-refractivity contribution in [1.82, 2.24) is 15.1 Å². The highest BCUT2D eigenvalue weighted by molar-refractivity contribution is 9.09. The molecule has 1 unspecified atom stereocenters. The van der Waals surface area contributed by atoms with Crippen molar-refractivity contribution >= 4 is 21.8 Å². The van der Waals surface area contributed by atoms with Gasteiger partial charge in [-0.25, -0.2) is 0 Å². The van der Waals surface area contributed by atoms with Crippen LogP contribution in [0.15, 0.2) is 6.07 Å². The second-order valence-corrected chi connectivity index (χ2v) is 5.77. The third-order valence-electron chi connectivity index (χ3n) is 3.25. The number of carbonyl (C=O) groups excluding carboxylic acids is 1. The lowest BCUT2D eigenvalue weighted by atomic mass is 9.99. The van der Waals surface area contributed by atoms with E-state index in [0.29, 0.717) is 23.0 Å². The average Bonchev–Trinajstić information content (AvgIpc) is 2.67. The van der Waals surface area contributed by atoms with Crippen molar-refractivity contribution in [3.05, 3.63) is 17.5 Å². The maximum absolute atomic E-state index is 12.0. The number of rotatable bonds is 6. The van der Waals surface area contributed by atoms with Gasteiger partial charge in [0.05, 0.1) is 5.69 Å². The van der Waals surface area contributed by atoms with Crippen LogP contribution >= 0.6 is 15.9 Å². The van der Waals surface area contributed by atoms with Gasteiger partial charge in [0, 0.05) is 18.4 Å². The summed E-state index contributed by atoms with van der Waals surface area (Å²) >= 11 is 3.65. The van der Waals surface area contributed by atoms with Crippen molar-refractivity contribution in [2.75, 3.05) is 6.54 Å². The molecule has 1 atom stereocenters. The Bertz CT molecular complexity index is 399. The summed E-state index contributed by atoms with van der Waals surface area (Å²) < 4.78 is 1.62. The molecule has 5 heteroatoms. The van der Waals surface area contributed by atoms with E-state index in [-0.39, 0.29) is 5.91 Å². The van der Waals surface area contributed by atoms with E-state index < -0.39 is 0 Å². The molecule has 1 amide bonds. The summed E-state index contributed by atoms with van der Waals surface area (Å²) in [6.45, 7) is 6.88.